The molecule has 1 aromatic heterocycles. The summed E-state index contributed by atoms with van der Waals surface area (Å²) in [6, 6.07) is -0.789. The highest BCUT2D eigenvalue weighted by atomic mass is 16.4. The van der Waals surface area contributed by atoms with Gasteiger partial charge in [-0.15, -0.1) is 5.10 Å². The summed E-state index contributed by atoms with van der Waals surface area (Å²) in [5.74, 6) is -1.51. The van der Waals surface area contributed by atoms with Crippen LogP contribution in [0.1, 0.15) is 29.9 Å². The van der Waals surface area contributed by atoms with E-state index in [1.807, 2.05) is 0 Å². The first-order valence-electron chi connectivity index (χ1n) is 5.31. The van der Waals surface area contributed by atoms with Gasteiger partial charge < -0.3 is 15.7 Å². The van der Waals surface area contributed by atoms with Crippen molar-refractivity contribution in [1.29, 1.82) is 0 Å². The second-order valence-corrected chi connectivity index (χ2v) is 3.89. The molecule has 0 aromatic carbocycles. The van der Waals surface area contributed by atoms with E-state index in [9.17, 15) is 9.59 Å². The number of aliphatic carboxylic acids is 1. The highest BCUT2D eigenvalue weighted by molar-refractivity contribution is 5.93. The third kappa shape index (κ3) is 2.19. The number of carbonyl (C=O) groups excluding carboxylic acids is 1. The lowest BCUT2D eigenvalue weighted by atomic mass is 10.0. The van der Waals surface area contributed by atoms with Gasteiger partial charge in [-0.25, -0.2) is 4.79 Å². The van der Waals surface area contributed by atoms with Crippen molar-refractivity contribution in [3.8, 4) is 0 Å². The molecule has 4 N–H and O–H groups in total. The van der Waals surface area contributed by atoms with Crippen LogP contribution in [0.15, 0.2) is 0 Å². The Labute approximate surface area is 96.8 Å². The summed E-state index contributed by atoms with van der Waals surface area (Å²) in [5, 5.41) is 15.0. The summed E-state index contributed by atoms with van der Waals surface area (Å²) in [6.45, 7) is 0.413. The van der Waals surface area contributed by atoms with Crippen molar-refractivity contribution in [2.75, 3.05) is 12.3 Å². The fraction of sp³-hybridized carbons (Fsp3) is 0.556. The zero-order valence-electron chi connectivity index (χ0n) is 9.09. The lowest BCUT2D eigenvalue weighted by Crippen LogP contribution is -2.48. The number of carboxylic acids is 1. The molecule has 0 bridgehead atoms. The van der Waals surface area contributed by atoms with E-state index in [0.717, 1.165) is 12.8 Å². The van der Waals surface area contributed by atoms with Gasteiger partial charge in [-0.1, -0.05) is 0 Å². The first-order valence-corrected chi connectivity index (χ1v) is 5.31. The van der Waals surface area contributed by atoms with E-state index in [1.165, 1.54) is 4.90 Å². The minimum atomic E-state index is -0.995. The van der Waals surface area contributed by atoms with Gasteiger partial charge in [0.15, 0.2) is 0 Å². The van der Waals surface area contributed by atoms with Gasteiger partial charge in [0.1, 0.15) is 6.04 Å². The number of nitrogens with one attached hydrogen (secondary N) is 1. The summed E-state index contributed by atoms with van der Waals surface area (Å²) < 4.78 is 0. The molecule has 1 atom stereocenters. The Bertz CT molecular complexity index is 444. The second-order valence-electron chi connectivity index (χ2n) is 3.89. The quantitative estimate of drug-likeness (QED) is 0.636. The van der Waals surface area contributed by atoms with Crippen molar-refractivity contribution in [3.63, 3.8) is 0 Å². The van der Waals surface area contributed by atoms with Crippen molar-refractivity contribution in [3.05, 3.63) is 5.82 Å². The average molecular weight is 239 g/mol. The molecule has 17 heavy (non-hydrogen) atoms. The Morgan fingerprint density at radius 1 is 1.47 bits per heavy atom. The Hall–Kier alpha value is -2.12. The zero-order valence-corrected chi connectivity index (χ0v) is 9.09. The summed E-state index contributed by atoms with van der Waals surface area (Å²) in [5.41, 5.74) is 5.30. The minimum Gasteiger partial charge on any atom is -0.480 e. The van der Waals surface area contributed by atoms with Gasteiger partial charge in [-0.3, -0.25) is 9.89 Å². The van der Waals surface area contributed by atoms with Gasteiger partial charge in [-0.2, -0.15) is 4.98 Å². The molecule has 1 aromatic rings. The third-order valence-corrected chi connectivity index (χ3v) is 2.75. The number of hydrogen-bond acceptors (Lipinski definition) is 5. The van der Waals surface area contributed by atoms with Crippen molar-refractivity contribution >= 4 is 17.8 Å². The average Bonchev–Trinajstić information content (AvgIpc) is 2.75. The summed E-state index contributed by atoms with van der Waals surface area (Å²) in [7, 11) is 0. The number of carboxylic acid groups (broad SMARTS) is 1. The number of hydrogen-bond donors (Lipinski definition) is 3. The molecular weight excluding hydrogens is 226 g/mol. The molecule has 0 saturated carbocycles. The number of piperidine rings is 1. The number of nitrogen functional groups attached to an aromatic ring is 1. The zero-order chi connectivity index (χ0) is 12.4. The lowest BCUT2D eigenvalue weighted by molar-refractivity contribution is -0.143. The number of nitrogens with zero attached hydrogens (tertiary/aromatic N) is 3. The van der Waals surface area contributed by atoms with Crippen LogP contribution in [0.3, 0.4) is 0 Å². The fourth-order valence-electron chi connectivity index (χ4n) is 1.94. The molecular formula is C9H13N5O3. The maximum absolute atomic E-state index is 12.0. The van der Waals surface area contributed by atoms with E-state index in [4.69, 9.17) is 10.8 Å². The van der Waals surface area contributed by atoms with E-state index >= 15 is 0 Å². The molecule has 1 amide bonds. The van der Waals surface area contributed by atoms with Crippen molar-refractivity contribution in [2.45, 2.75) is 25.3 Å². The Morgan fingerprint density at radius 2 is 2.24 bits per heavy atom. The highest BCUT2D eigenvalue weighted by Crippen LogP contribution is 2.18. The molecule has 1 saturated heterocycles. The van der Waals surface area contributed by atoms with E-state index in [-0.39, 0.29) is 11.8 Å². The summed E-state index contributed by atoms with van der Waals surface area (Å²) >= 11 is 0. The smallest absolute Gasteiger partial charge is 0.326 e. The summed E-state index contributed by atoms with van der Waals surface area (Å²) in [4.78, 5) is 28.0. The monoisotopic (exact) mass is 239 g/mol. The predicted molar refractivity (Wildman–Crippen MR) is 57.1 cm³/mol. The maximum atomic E-state index is 12.0. The molecule has 0 aliphatic carbocycles. The standard InChI is InChI=1S/C9H13N5O3/c10-9-11-6(12-13-9)7(15)14-4-2-1-3-5(14)8(16)17/h5H,1-4H2,(H,16,17)(H3,10,11,12,13). The van der Waals surface area contributed by atoms with E-state index < -0.39 is 17.9 Å². The molecule has 92 valence electrons. The Morgan fingerprint density at radius 3 is 2.82 bits per heavy atom. The van der Waals surface area contributed by atoms with Crippen LogP contribution in [0.25, 0.3) is 0 Å². The number of aromatic amines is 1. The number of likely N-dealkylation sites (tertiary alicyclic amines) is 1. The van der Waals surface area contributed by atoms with Crippen LogP contribution in [-0.2, 0) is 4.79 Å². The van der Waals surface area contributed by atoms with Crippen LogP contribution in [0.5, 0.6) is 0 Å². The van der Waals surface area contributed by atoms with Gasteiger partial charge in [0.2, 0.25) is 11.8 Å². The molecule has 1 fully saturated rings. The molecule has 1 unspecified atom stereocenters. The normalized spacial score (nSPS) is 20.2. The van der Waals surface area contributed by atoms with Gasteiger partial charge >= 0.3 is 5.97 Å². The van der Waals surface area contributed by atoms with Crippen LogP contribution < -0.4 is 5.73 Å². The highest BCUT2D eigenvalue weighted by Gasteiger charge is 2.33. The van der Waals surface area contributed by atoms with Crippen LogP contribution >= 0.6 is 0 Å². The molecule has 0 spiro atoms. The fourth-order valence-corrected chi connectivity index (χ4v) is 1.94. The number of carbonyl (C=O) groups is 2. The molecule has 1 aliphatic rings. The van der Waals surface area contributed by atoms with E-state index in [2.05, 4.69) is 15.2 Å². The number of aromatic nitrogens is 3. The molecule has 0 radical (unpaired) electrons. The molecule has 1 aliphatic heterocycles. The first kappa shape index (κ1) is 11.4. The second kappa shape index (κ2) is 4.40. The van der Waals surface area contributed by atoms with Crippen molar-refractivity contribution < 1.29 is 14.7 Å². The van der Waals surface area contributed by atoms with Gasteiger partial charge in [0.25, 0.3) is 5.91 Å². The number of anilines is 1. The Kier molecular flexibility index (Phi) is 2.94. The largest absolute Gasteiger partial charge is 0.480 e. The SMILES string of the molecule is Nc1n[nH]c(C(=O)N2CCCCC2C(=O)O)n1. The van der Waals surface area contributed by atoms with Crippen molar-refractivity contribution in [2.24, 2.45) is 0 Å². The van der Waals surface area contributed by atoms with Crippen molar-refractivity contribution in [1.82, 2.24) is 20.1 Å². The number of H-pyrrole nitrogens is 1. The number of amides is 1. The van der Waals surface area contributed by atoms with Crippen LogP contribution in [0.4, 0.5) is 5.95 Å². The molecule has 2 heterocycles. The molecule has 8 nitrogen and oxygen atoms in total. The molecule has 8 heteroatoms. The lowest BCUT2D eigenvalue weighted by Gasteiger charge is -2.32. The Balaban J connectivity index is 2.19. The van der Waals surface area contributed by atoms with Crippen LogP contribution in [-0.4, -0.2) is 49.7 Å². The van der Waals surface area contributed by atoms with E-state index in [1.54, 1.807) is 0 Å². The van der Waals surface area contributed by atoms with Crippen LogP contribution in [0.2, 0.25) is 0 Å². The number of rotatable bonds is 2. The van der Waals surface area contributed by atoms with E-state index in [0.29, 0.717) is 13.0 Å². The topological polar surface area (TPSA) is 125 Å². The number of nitrogens with two attached hydrogens (primary N) is 1. The predicted octanol–water partition coefficient (Wildman–Crippen LogP) is -0.534. The van der Waals surface area contributed by atoms with Gasteiger partial charge in [0.05, 0.1) is 0 Å². The summed E-state index contributed by atoms with van der Waals surface area (Å²) in [6.07, 6.45) is 2.06. The van der Waals surface area contributed by atoms with Crippen LogP contribution in [0, 0.1) is 0 Å². The van der Waals surface area contributed by atoms with Gasteiger partial charge in [0, 0.05) is 6.54 Å². The first-order chi connectivity index (χ1) is 8.09. The van der Waals surface area contributed by atoms with Gasteiger partial charge in [-0.05, 0) is 19.3 Å². The third-order valence-electron chi connectivity index (χ3n) is 2.75. The molecule has 2 rings (SSSR count). The maximum Gasteiger partial charge on any atom is 0.326 e. The minimum absolute atomic E-state index is 0.0179.